The van der Waals surface area contributed by atoms with Gasteiger partial charge in [0.2, 0.25) is 0 Å². The number of fused-ring (bicyclic) bond motifs is 1. The van der Waals surface area contributed by atoms with Gasteiger partial charge in [0.25, 0.3) is 0 Å². The Labute approximate surface area is 226 Å². The number of halogens is 1. The lowest BCUT2D eigenvalue weighted by atomic mass is 9.52. The third-order valence-electron chi connectivity index (χ3n) is 10.5. The lowest BCUT2D eigenvalue weighted by Gasteiger charge is -2.59. The summed E-state index contributed by atoms with van der Waals surface area (Å²) in [6.07, 6.45) is 22.5. The molecule has 36 heavy (non-hydrogen) atoms. The number of phenolic OH excluding ortho intramolecular Hbond substituents is 1. The van der Waals surface area contributed by atoms with E-state index in [1.54, 1.807) is 0 Å². The monoisotopic (exact) mass is 517 g/mol. The van der Waals surface area contributed by atoms with E-state index in [1.807, 2.05) is 0 Å². The number of benzene rings is 1. The molecule has 1 aliphatic heterocycles. The molecule has 3 aliphatic carbocycles. The fourth-order valence-electron chi connectivity index (χ4n) is 8.28. The molecular formula is C32H52ClNO2. The second-order valence-electron chi connectivity index (χ2n) is 12.7. The van der Waals surface area contributed by atoms with E-state index in [4.69, 9.17) is 0 Å². The molecule has 4 atom stereocenters. The number of hydrogen-bond acceptors (Lipinski definition) is 3. The summed E-state index contributed by atoms with van der Waals surface area (Å²) in [5, 5.41) is 22.1. The highest BCUT2D eigenvalue weighted by Crippen LogP contribution is 2.57. The zero-order valence-electron chi connectivity index (χ0n) is 22.9. The van der Waals surface area contributed by atoms with Gasteiger partial charge >= 0.3 is 0 Å². The van der Waals surface area contributed by atoms with Gasteiger partial charge in [-0.1, -0.05) is 77.6 Å². The molecule has 1 aromatic carbocycles. The Kier molecular flexibility index (Phi) is 10.1. The molecule has 4 heteroatoms. The second-order valence-corrected chi connectivity index (χ2v) is 12.7. The van der Waals surface area contributed by atoms with Gasteiger partial charge in [-0.2, -0.15) is 0 Å². The van der Waals surface area contributed by atoms with Crippen molar-refractivity contribution in [2.75, 3.05) is 13.1 Å². The van der Waals surface area contributed by atoms with E-state index in [9.17, 15) is 10.2 Å². The van der Waals surface area contributed by atoms with Gasteiger partial charge in [-0.15, -0.1) is 12.4 Å². The summed E-state index contributed by atoms with van der Waals surface area (Å²) in [4.78, 5) is 2.87. The molecule has 0 radical (unpaired) electrons. The fourth-order valence-corrected chi connectivity index (χ4v) is 8.28. The molecule has 1 aromatic rings. The lowest BCUT2D eigenvalue weighted by Crippen LogP contribution is -2.61. The Bertz CT molecular complexity index is 840. The van der Waals surface area contributed by atoms with Crippen LogP contribution in [0.1, 0.15) is 139 Å². The average molecular weight is 518 g/mol. The summed E-state index contributed by atoms with van der Waals surface area (Å²) < 4.78 is 0. The van der Waals surface area contributed by atoms with Crippen LogP contribution in [-0.4, -0.2) is 34.2 Å². The quantitative estimate of drug-likeness (QED) is 0.274. The largest absolute Gasteiger partial charge is 0.508 e. The molecule has 2 N–H and O–H groups in total. The number of nitrogens with zero attached hydrogens (tertiary/aromatic N) is 1. The first kappa shape index (κ1) is 28.2. The maximum absolute atomic E-state index is 11.1. The molecule has 0 aromatic heterocycles. The van der Waals surface area contributed by atoms with Crippen molar-refractivity contribution in [1.82, 2.24) is 4.90 Å². The molecule has 0 spiro atoms. The van der Waals surface area contributed by atoms with Crippen LogP contribution in [0.4, 0.5) is 0 Å². The van der Waals surface area contributed by atoms with E-state index in [0.717, 1.165) is 36.7 Å². The van der Waals surface area contributed by atoms with E-state index in [0.29, 0.717) is 11.8 Å². The van der Waals surface area contributed by atoms with Crippen molar-refractivity contribution in [3.05, 3.63) is 28.8 Å². The SMILES string of the molecule is CCCCCCCCCCC(O)c1cc2c(cc1O)[C@@]13CCCC[C@H]1[C@@H](C2)N(CC1CCC1)CC3.Cl. The van der Waals surface area contributed by atoms with Gasteiger partial charge in [-0.3, -0.25) is 4.90 Å². The summed E-state index contributed by atoms with van der Waals surface area (Å²) in [5.41, 5.74) is 3.95. The molecule has 2 bridgehead atoms. The number of aliphatic hydroxyl groups is 1. The highest BCUT2D eigenvalue weighted by Gasteiger charge is 2.54. The summed E-state index contributed by atoms with van der Waals surface area (Å²) in [5.74, 6) is 2.03. The Morgan fingerprint density at radius 3 is 2.42 bits per heavy atom. The second kappa shape index (κ2) is 12.9. The number of rotatable bonds is 12. The fraction of sp³-hybridized carbons (Fsp3) is 0.812. The number of likely N-dealkylation sites (tertiary alicyclic amines) is 1. The molecule has 1 heterocycles. The third kappa shape index (κ3) is 5.79. The van der Waals surface area contributed by atoms with E-state index >= 15 is 0 Å². The van der Waals surface area contributed by atoms with Crippen LogP contribution in [-0.2, 0) is 11.8 Å². The highest BCUT2D eigenvalue weighted by atomic mass is 35.5. The van der Waals surface area contributed by atoms with Gasteiger partial charge in [-0.05, 0) is 86.6 Å². The number of phenols is 1. The van der Waals surface area contributed by atoms with Crippen LogP contribution in [0, 0.1) is 11.8 Å². The summed E-state index contributed by atoms with van der Waals surface area (Å²) in [6, 6.07) is 5.00. The van der Waals surface area contributed by atoms with Gasteiger partial charge < -0.3 is 10.2 Å². The zero-order chi connectivity index (χ0) is 24.3. The van der Waals surface area contributed by atoms with Gasteiger partial charge in [0.15, 0.2) is 0 Å². The molecule has 1 saturated heterocycles. The minimum atomic E-state index is -0.534. The molecule has 4 aliphatic rings. The number of aliphatic hydroxyl groups excluding tert-OH is 1. The first-order valence-corrected chi connectivity index (χ1v) is 15.4. The van der Waals surface area contributed by atoms with Crippen LogP contribution in [0.3, 0.4) is 0 Å². The first-order chi connectivity index (χ1) is 17.1. The standard InChI is InChI=1S/C32H51NO2.ClH/c1-2-3-4-5-6-7-8-9-16-30(34)26-20-25-21-29-27-15-10-11-17-32(27,28(25)22-31(26)35)18-19-33(29)23-24-13-12-14-24;/h20,22,24,27,29-30,34-35H,2-19,21,23H2,1H3;1H/t27-,29+,30?,32+;/m0./s1. The number of piperidine rings is 1. The van der Waals surface area contributed by atoms with Crippen molar-refractivity contribution >= 4 is 12.4 Å². The topological polar surface area (TPSA) is 43.7 Å². The maximum Gasteiger partial charge on any atom is 0.121 e. The van der Waals surface area contributed by atoms with E-state index in [1.165, 1.54) is 121 Å². The summed E-state index contributed by atoms with van der Waals surface area (Å²) in [7, 11) is 0. The van der Waals surface area contributed by atoms with Gasteiger partial charge in [0, 0.05) is 23.6 Å². The highest BCUT2D eigenvalue weighted by molar-refractivity contribution is 5.85. The van der Waals surface area contributed by atoms with Gasteiger partial charge in [0.1, 0.15) is 5.75 Å². The number of hydrogen-bond donors (Lipinski definition) is 2. The van der Waals surface area contributed by atoms with Gasteiger partial charge in [0.05, 0.1) is 6.10 Å². The molecule has 204 valence electrons. The molecule has 2 saturated carbocycles. The van der Waals surface area contributed by atoms with Gasteiger partial charge in [-0.25, -0.2) is 0 Å². The van der Waals surface area contributed by atoms with Crippen molar-refractivity contribution in [1.29, 1.82) is 0 Å². The van der Waals surface area contributed by atoms with E-state index in [-0.39, 0.29) is 17.8 Å². The summed E-state index contributed by atoms with van der Waals surface area (Å²) >= 11 is 0. The Hall–Kier alpha value is -0.770. The van der Waals surface area contributed by atoms with Crippen LogP contribution in [0.5, 0.6) is 5.75 Å². The summed E-state index contributed by atoms with van der Waals surface area (Å²) in [6.45, 7) is 4.81. The Morgan fingerprint density at radius 1 is 0.944 bits per heavy atom. The van der Waals surface area contributed by atoms with E-state index < -0.39 is 6.10 Å². The molecule has 1 unspecified atom stereocenters. The van der Waals surface area contributed by atoms with E-state index in [2.05, 4.69) is 24.0 Å². The van der Waals surface area contributed by atoms with Crippen LogP contribution < -0.4 is 0 Å². The minimum absolute atomic E-state index is 0. The molecule has 3 fully saturated rings. The normalized spacial score (nSPS) is 28.5. The predicted octanol–water partition coefficient (Wildman–Crippen LogP) is 8.24. The molecule has 5 rings (SSSR count). The lowest BCUT2D eigenvalue weighted by molar-refractivity contribution is -0.0241. The van der Waals surface area contributed by atoms with Crippen LogP contribution in [0.25, 0.3) is 0 Å². The van der Waals surface area contributed by atoms with Crippen molar-refractivity contribution < 1.29 is 10.2 Å². The molecule has 0 amide bonds. The third-order valence-corrected chi connectivity index (χ3v) is 10.5. The van der Waals surface area contributed by atoms with Crippen LogP contribution in [0.15, 0.2) is 12.1 Å². The zero-order valence-corrected chi connectivity index (χ0v) is 23.7. The first-order valence-electron chi connectivity index (χ1n) is 15.4. The average Bonchev–Trinajstić information content (AvgIpc) is 2.84. The smallest absolute Gasteiger partial charge is 0.121 e. The van der Waals surface area contributed by atoms with Crippen molar-refractivity contribution in [3.8, 4) is 5.75 Å². The number of aromatic hydroxyl groups is 1. The predicted molar refractivity (Wildman–Crippen MR) is 152 cm³/mol. The van der Waals surface area contributed by atoms with Crippen LogP contribution >= 0.6 is 12.4 Å². The number of unbranched alkanes of at least 4 members (excludes halogenated alkanes) is 7. The van der Waals surface area contributed by atoms with Crippen molar-refractivity contribution in [2.45, 2.75) is 140 Å². The van der Waals surface area contributed by atoms with Crippen molar-refractivity contribution in [2.24, 2.45) is 11.8 Å². The molecule has 3 nitrogen and oxygen atoms in total. The Morgan fingerprint density at radius 2 is 1.69 bits per heavy atom. The molecular weight excluding hydrogens is 466 g/mol. The van der Waals surface area contributed by atoms with Crippen molar-refractivity contribution in [3.63, 3.8) is 0 Å². The minimum Gasteiger partial charge on any atom is -0.508 e. The maximum atomic E-state index is 11.1. The van der Waals surface area contributed by atoms with Crippen LogP contribution in [0.2, 0.25) is 0 Å². The Balaban J connectivity index is 0.00000304.